The largest absolute Gasteiger partial charge is 0.317 e. The highest BCUT2D eigenvalue weighted by Gasteiger charge is 2.06. The molecule has 0 aliphatic rings. The molecule has 0 rings (SSSR count). The molecule has 0 aliphatic carbocycles. The van der Waals surface area contributed by atoms with Gasteiger partial charge in [0.2, 0.25) is 0 Å². The van der Waals surface area contributed by atoms with Gasteiger partial charge >= 0.3 is 0 Å². The molecule has 0 heterocycles. The van der Waals surface area contributed by atoms with Crippen LogP contribution in [-0.2, 0) is 0 Å². The summed E-state index contributed by atoms with van der Waals surface area (Å²) in [6.45, 7) is 12.4. The Morgan fingerprint density at radius 1 is 0.571 bits per heavy atom. The fourth-order valence-electron chi connectivity index (χ4n) is 2.54. The maximum absolute atomic E-state index is 3.56. The fraction of sp³-hybridized carbons (Fsp3) is 1.00. The van der Waals surface area contributed by atoms with Crippen molar-refractivity contribution in [3.63, 3.8) is 0 Å². The third-order valence-corrected chi connectivity index (χ3v) is 3.89. The first kappa shape index (κ1) is 20.9. The molecule has 0 aromatic heterocycles. The van der Waals surface area contributed by atoms with Gasteiger partial charge < -0.3 is 10.6 Å². The zero-order chi connectivity index (χ0) is 15.8. The maximum atomic E-state index is 3.56. The van der Waals surface area contributed by atoms with E-state index in [0.717, 1.165) is 13.1 Å². The Morgan fingerprint density at radius 3 is 1.57 bits per heavy atom. The molecule has 0 saturated heterocycles. The zero-order valence-electron chi connectivity index (χ0n) is 15.4. The predicted molar refractivity (Wildman–Crippen MR) is 97.1 cm³/mol. The van der Waals surface area contributed by atoms with E-state index >= 15 is 0 Å². The van der Waals surface area contributed by atoms with E-state index < -0.39 is 0 Å². The quantitative estimate of drug-likeness (QED) is 0.402. The molecule has 0 unspecified atom stereocenters. The summed E-state index contributed by atoms with van der Waals surface area (Å²) in [6.07, 6.45) is 15.5. The number of nitrogens with one attached hydrogen (secondary N) is 2. The lowest BCUT2D eigenvalue weighted by molar-refractivity contribution is 0.418. The number of hydrogen-bond acceptors (Lipinski definition) is 2. The molecule has 0 aliphatic heterocycles. The van der Waals surface area contributed by atoms with Gasteiger partial charge in [0.1, 0.15) is 0 Å². The molecule has 0 atom stereocenters. The van der Waals surface area contributed by atoms with Gasteiger partial charge in [0.05, 0.1) is 0 Å². The summed E-state index contributed by atoms with van der Waals surface area (Å²) < 4.78 is 0. The van der Waals surface area contributed by atoms with Crippen molar-refractivity contribution in [2.45, 2.75) is 104 Å². The molecule has 0 aromatic carbocycles. The van der Waals surface area contributed by atoms with Crippen LogP contribution in [-0.4, -0.2) is 25.2 Å². The van der Waals surface area contributed by atoms with Crippen molar-refractivity contribution < 1.29 is 0 Å². The number of hydrogen-bond donors (Lipinski definition) is 2. The molecule has 21 heavy (non-hydrogen) atoms. The van der Waals surface area contributed by atoms with Crippen molar-refractivity contribution in [1.29, 1.82) is 0 Å². The van der Waals surface area contributed by atoms with Gasteiger partial charge in [0.25, 0.3) is 0 Å². The first-order valence-corrected chi connectivity index (χ1v) is 9.52. The van der Waals surface area contributed by atoms with Gasteiger partial charge in [-0.2, -0.15) is 0 Å². The Kier molecular flexibility index (Phi) is 14.8. The average Bonchev–Trinajstić information content (AvgIpc) is 2.42. The van der Waals surface area contributed by atoms with E-state index in [1.54, 1.807) is 0 Å². The third kappa shape index (κ3) is 19.9. The highest BCUT2D eigenvalue weighted by atomic mass is 14.9. The topological polar surface area (TPSA) is 24.1 Å². The first-order chi connectivity index (χ1) is 10.1. The van der Waals surface area contributed by atoms with Crippen molar-refractivity contribution in [2.75, 3.05) is 19.6 Å². The summed E-state index contributed by atoms with van der Waals surface area (Å²) >= 11 is 0. The van der Waals surface area contributed by atoms with Crippen molar-refractivity contribution >= 4 is 0 Å². The second kappa shape index (κ2) is 14.8. The molecule has 0 amide bonds. The van der Waals surface area contributed by atoms with E-state index in [2.05, 4.69) is 38.3 Å². The molecule has 2 N–H and O–H groups in total. The summed E-state index contributed by atoms with van der Waals surface area (Å²) in [7, 11) is 0. The van der Waals surface area contributed by atoms with Crippen LogP contribution in [0.25, 0.3) is 0 Å². The van der Waals surface area contributed by atoms with Crippen LogP contribution in [0.5, 0.6) is 0 Å². The van der Waals surface area contributed by atoms with E-state index in [-0.39, 0.29) is 5.54 Å². The molecule has 0 spiro atoms. The van der Waals surface area contributed by atoms with Crippen molar-refractivity contribution in [3.05, 3.63) is 0 Å². The summed E-state index contributed by atoms with van der Waals surface area (Å²) in [4.78, 5) is 0. The second-order valence-corrected chi connectivity index (χ2v) is 7.46. The Morgan fingerprint density at radius 2 is 1.05 bits per heavy atom. The van der Waals surface area contributed by atoms with Crippen molar-refractivity contribution in [2.24, 2.45) is 0 Å². The number of unbranched alkanes of at least 4 members (excludes halogenated alkanes) is 9. The average molecular weight is 299 g/mol. The zero-order valence-corrected chi connectivity index (χ0v) is 15.4. The predicted octanol–water partition coefficient (Wildman–Crippen LogP) is 5.28. The van der Waals surface area contributed by atoms with Gasteiger partial charge in [-0.15, -0.1) is 0 Å². The lowest BCUT2D eigenvalue weighted by Crippen LogP contribution is -2.37. The Bertz CT molecular complexity index is 196. The molecular formula is C19H42N2. The van der Waals surface area contributed by atoms with Gasteiger partial charge in [-0.25, -0.2) is 0 Å². The summed E-state index contributed by atoms with van der Waals surface area (Å²) in [5, 5.41) is 7.08. The Hall–Kier alpha value is -0.0800. The lowest BCUT2D eigenvalue weighted by Gasteiger charge is -2.20. The Labute approximate surface area is 134 Å². The Balaban J connectivity index is 3.00. The van der Waals surface area contributed by atoms with Gasteiger partial charge in [-0.3, -0.25) is 0 Å². The SMILES string of the molecule is CCCCCCCCCCCCNCCCNC(C)(C)C. The van der Waals surface area contributed by atoms with E-state index in [0.29, 0.717) is 0 Å². The van der Waals surface area contributed by atoms with E-state index in [1.165, 1.54) is 77.2 Å². The standard InChI is InChI=1S/C19H42N2/c1-5-6-7-8-9-10-11-12-13-14-16-20-17-15-18-21-19(2,3)4/h20-21H,5-18H2,1-4H3. The maximum Gasteiger partial charge on any atom is 0.00965 e. The first-order valence-electron chi connectivity index (χ1n) is 9.52. The molecule has 0 bridgehead atoms. The van der Waals surface area contributed by atoms with Crippen LogP contribution in [0.3, 0.4) is 0 Å². The van der Waals surface area contributed by atoms with Crippen molar-refractivity contribution in [1.82, 2.24) is 10.6 Å². The van der Waals surface area contributed by atoms with Gasteiger partial charge in [0, 0.05) is 5.54 Å². The van der Waals surface area contributed by atoms with E-state index in [4.69, 9.17) is 0 Å². The molecule has 0 radical (unpaired) electrons. The van der Waals surface area contributed by atoms with E-state index in [1.807, 2.05) is 0 Å². The van der Waals surface area contributed by atoms with Crippen LogP contribution >= 0.6 is 0 Å². The second-order valence-electron chi connectivity index (χ2n) is 7.46. The molecule has 0 aromatic rings. The van der Waals surface area contributed by atoms with Crippen LogP contribution in [0, 0.1) is 0 Å². The van der Waals surface area contributed by atoms with Gasteiger partial charge in [-0.05, 0) is 53.2 Å². The minimum atomic E-state index is 0.260. The van der Waals surface area contributed by atoms with Crippen LogP contribution in [0.1, 0.15) is 98.3 Å². The monoisotopic (exact) mass is 298 g/mol. The highest BCUT2D eigenvalue weighted by Crippen LogP contribution is 2.10. The van der Waals surface area contributed by atoms with Crippen LogP contribution in [0.15, 0.2) is 0 Å². The minimum Gasteiger partial charge on any atom is -0.317 e. The molecule has 128 valence electrons. The van der Waals surface area contributed by atoms with E-state index in [9.17, 15) is 0 Å². The summed E-state index contributed by atoms with van der Waals surface area (Å²) in [5.41, 5.74) is 0.260. The molecule has 0 fully saturated rings. The molecular weight excluding hydrogens is 256 g/mol. The summed E-state index contributed by atoms with van der Waals surface area (Å²) in [5.74, 6) is 0. The molecule has 2 nitrogen and oxygen atoms in total. The third-order valence-electron chi connectivity index (χ3n) is 3.89. The van der Waals surface area contributed by atoms with Gasteiger partial charge in [0.15, 0.2) is 0 Å². The lowest BCUT2D eigenvalue weighted by atomic mass is 10.1. The highest BCUT2D eigenvalue weighted by molar-refractivity contribution is 4.69. The smallest absolute Gasteiger partial charge is 0.00965 e. The van der Waals surface area contributed by atoms with Crippen LogP contribution < -0.4 is 10.6 Å². The summed E-state index contributed by atoms with van der Waals surface area (Å²) in [6, 6.07) is 0. The minimum absolute atomic E-state index is 0.260. The normalized spacial score (nSPS) is 12.0. The van der Waals surface area contributed by atoms with Crippen LogP contribution in [0.4, 0.5) is 0 Å². The van der Waals surface area contributed by atoms with Crippen LogP contribution in [0.2, 0.25) is 0 Å². The van der Waals surface area contributed by atoms with Gasteiger partial charge in [-0.1, -0.05) is 64.7 Å². The molecule has 2 heteroatoms. The molecule has 0 saturated carbocycles. The fourth-order valence-corrected chi connectivity index (χ4v) is 2.54. The van der Waals surface area contributed by atoms with Crippen molar-refractivity contribution in [3.8, 4) is 0 Å². The number of rotatable bonds is 15.